The lowest BCUT2D eigenvalue weighted by Crippen LogP contribution is -2.37. The molecular weight excluding hydrogens is 250 g/mol. The molecule has 0 saturated heterocycles. The summed E-state index contributed by atoms with van der Waals surface area (Å²) in [6.07, 6.45) is 1.24. The molecule has 0 amide bonds. The molecule has 0 bridgehead atoms. The number of rotatable bonds is 8. The molecule has 1 N–H and O–H groups in total. The lowest BCUT2D eigenvalue weighted by molar-refractivity contribution is -0.137. The van der Waals surface area contributed by atoms with Crippen LogP contribution in [-0.2, 0) is 4.79 Å². The molecule has 1 aromatic carbocycles. The Hall–Kier alpha value is -1.35. The van der Waals surface area contributed by atoms with Crippen LogP contribution < -0.4 is 0 Å². The molecule has 0 radical (unpaired) electrons. The number of hydrogen-bond donors (Lipinski definition) is 1. The quantitative estimate of drug-likeness (QED) is 0.782. The zero-order valence-electron chi connectivity index (χ0n) is 13.0. The summed E-state index contributed by atoms with van der Waals surface area (Å²) < 4.78 is 0. The number of benzene rings is 1. The Morgan fingerprint density at radius 3 is 2.20 bits per heavy atom. The summed E-state index contributed by atoms with van der Waals surface area (Å²) in [7, 11) is 0. The third-order valence-electron chi connectivity index (χ3n) is 3.53. The third-order valence-corrected chi connectivity index (χ3v) is 3.53. The highest BCUT2D eigenvalue weighted by atomic mass is 16.4. The average Bonchev–Trinajstić information content (AvgIpc) is 2.37. The summed E-state index contributed by atoms with van der Waals surface area (Å²) in [5, 5.41) is 8.95. The zero-order chi connectivity index (χ0) is 15.1. The van der Waals surface area contributed by atoms with Crippen LogP contribution in [0.25, 0.3) is 0 Å². The molecule has 0 saturated carbocycles. The van der Waals surface area contributed by atoms with Gasteiger partial charge in [0.05, 0.1) is 6.42 Å². The predicted octanol–water partition coefficient (Wildman–Crippen LogP) is 3.96. The first-order valence-electron chi connectivity index (χ1n) is 7.44. The van der Waals surface area contributed by atoms with Gasteiger partial charge in [-0.3, -0.25) is 9.69 Å². The van der Waals surface area contributed by atoms with Crippen molar-refractivity contribution in [1.29, 1.82) is 0 Å². The fraction of sp³-hybridized carbons (Fsp3) is 0.588. The van der Waals surface area contributed by atoms with Gasteiger partial charge in [-0.1, -0.05) is 44.2 Å². The van der Waals surface area contributed by atoms with Gasteiger partial charge >= 0.3 is 5.97 Å². The summed E-state index contributed by atoms with van der Waals surface area (Å²) in [5.41, 5.74) is 1.28. The maximum absolute atomic E-state index is 10.9. The molecule has 3 heteroatoms. The monoisotopic (exact) mass is 277 g/mol. The fourth-order valence-corrected chi connectivity index (χ4v) is 2.58. The Morgan fingerprint density at radius 1 is 1.15 bits per heavy atom. The van der Waals surface area contributed by atoms with Crippen molar-refractivity contribution in [1.82, 2.24) is 4.90 Å². The number of hydrogen-bond acceptors (Lipinski definition) is 2. The first kappa shape index (κ1) is 16.7. The summed E-state index contributed by atoms with van der Waals surface area (Å²) >= 11 is 0. The lowest BCUT2D eigenvalue weighted by Gasteiger charge is -2.36. The zero-order valence-corrected chi connectivity index (χ0v) is 13.0. The normalized spacial score (nSPS) is 13.2. The minimum Gasteiger partial charge on any atom is -0.481 e. The molecule has 1 aromatic rings. The second kappa shape index (κ2) is 8.05. The van der Waals surface area contributed by atoms with Gasteiger partial charge in [0.25, 0.3) is 0 Å². The van der Waals surface area contributed by atoms with Gasteiger partial charge in [0.2, 0.25) is 0 Å². The number of carboxylic acid groups (broad SMARTS) is 1. The van der Waals surface area contributed by atoms with E-state index < -0.39 is 5.97 Å². The topological polar surface area (TPSA) is 40.5 Å². The van der Waals surface area contributed by atoms with Crippen LogP contribution >= 0.6 is 0 Å². The van der Waals surface area contributed by atoms with Gasteiger partial charge in [0.15, 0.2) is 0 Å². The second-order valence-electron chi connectivity index (χ2n) is 6.03. The van der Waals surface area contributed by atoms with E-state index in [2.05, 4.69) is 56.9 Å². The first-order chi connectivity index (χ1) is 9.41. The average molecular weight is 277 g/mol. The lowest BCUT2D eigenvalue weighted by atomic mass is 9.94. The van der Waals surface area contributed by atoms with E-state index >= 15 is 0 Å². The van der Waals surface area contributed by atoms with Crippen LogP contribution in [0, 0.1) is 5.92 Å². The molecule has 1 atom stereocenters. The molecule has 1 rings (SSSR count). The van der Waals surface area contributed by atoms with E-state index in [1.54, 1.807) is 0 Å². The predicted molar refractivity (Wildman–Crippen MR) is 82.7 cm³/mol. The largest absolute Gasteiger partial charge is 0.481 e. The van der Waals surface area contributed by atoms with E-state index in [9.17, 15) is 4.79 Å². The first-order valence-corrected chi connectivity index (χ1v) is 7.44. The molecular formula is C17H27NO2. The molecule has 1 unspecified atom stereocenters. The van der Waals surface area contributed by atoms with E-state index in [1.807, 2.05) is 6.07 Å². The van der Waals surface area contributed by atoms with Crippen LogP contribution in [0.15, 0.2) is 30.3 Å². The Labute approximate surface area is 122 Å². The summed E-state index contributed by atoms with van der Waals surface area (Å²) in [6, 6.07) is 11.0. The number of carbonyl (C=O) groups is 1. The van der Waals surface area contributed by atoms with Crippen molar-refractivity contribution in [3.63, 3.8) is 0 Å². The van der Waals surface area contributed by atoms with Crippen LogP contribution in [0.1, 0.15) is 52.1 Å². The smallest absolute Gasteiger partial charge is 0.304 e. The Kier molecular flexibility index (Phi) is 6.73. The molecule has 3 nitrogen and oxygen atoms in total. The highest BCUT2D eigenvalue weighted by Crippen LogP contribution is 2.29. The molecule has 0 fully saturated rings. The second-order valence-corrected chi connectivity index (χ2v) is 6.03. The van der Waals surface area contributed by atoms with Crippen molar-refractivity contribution in [2.45, 2.75) is 52.6 Å². The van der Waals surface area contributed by atoms with Gasteiger partial charge in [0.1, 0.15) is 0 Å². The molecule has 0 aromatic heterocycles. The number of carboxylic acids is 1. The van der Waals surface area contributed by atoms with Crippen molar-refractivity contribution in [3.05, 3.63) is 35.9 Å². The SMILES string of the molecule is CC(C)CC(c1ccccc1)N(CCC(=O)O)C(C)C. The summed E-state index contributed by atoms with van der Waals surface area (Å²) in [6.45, 7) is 9.30. The molecule has 0 spiro atoms. The van der Waals surface area contributed by atoms with E-state index in [0.29, 0.717) is 18.5 Å². The molecule has 20 heavy (non-hydrogen) atoms. The van der Waals surface area contributed by atoms with Crippen molar-refractivity contribution in [2.75, 3.05) is 6.54 Å². The van der Waals surface area contributed by atoms with Crippen molar-refractivity contribution < 1.29 is 9.90 Å². The van der Waals surface area contributed by atoms with Crippen LogP contribution in [0.4, 0.5) is 0 Å². The summed E-state index contributed by atoms with van der Waals surface area (Å²) in [4.78, 5) is 13.2. The van der Waals surface area contributed by atoms with Crippen molar-refractivity contribution in [2.24, 2.45) is 5.92 Å². The van der Waals surface area contributed by atoms with Crippen LogP contribution in [0.5, 0.6) is 0 Å². The summed E-state index contributed by atoms with van der Waals surface area (Å²) in [5.74, 6) is -0.154. The van der Waals surface area contributed by atoms with E-state index in [4.69, 9.17) is 5.11 Å². The molecule has 0 aliphatic carbocycles. The Morgan fingerprint density at radius 2 is 1.75 bits per heavy atom. The van der Waals surface area contributed by atoms with Gasteiger partial charge in [-0.05, 0) is 31.7 Å². The highest BCUT2D eigenvalue weighted by molar-refractivity contribution is 5.66. The van der Waals surface area contributed by atoms with Crippen molar-refractivity contribution >= 4 is 5.97 Å². The van der Waals surface area contributed by atoms with Gasteiger partial charge in [-0.25, -0.2) is 0 Å². The van der Waals surface area contributed by atoms with Crippen LogP contribution in [0.2, 0.25) is 0 Å². The standard InChI is InChI=1S/C17H27NO2/c1-13(2)12-16(15-8-6-5-7-9-15)18(14(3)4)11-10-17(19)20/h5-9,13-14,16H,10-12H2,1-4H3,(H,19,20). The molecule has 112 valence electrons. The third kappa shape index (κ3) is 5.33. The molecule has 0 heterocycles. The Balaban J connectivity index is 2.95. The Bertz CT molecular complexity index is 401. The maximum Gasteiger partial charge on any atom is 0.304 e. The molecule has 0 aliphatic rings. The highest BCUT2D eigenvalue weighted by Gasteiger charge is 2.24. The van der Waals surface area contributed by atoms with Crippen LogP contribution in [0.3, 0.4) is 0 Å². The van der Waals surface area contributed by atoms with Gasteiger partial charge in [-0.2, -0.15) is 0 Å². The maximum atomic E-state index is 10.9. The van der Waals surface area contributed by atoms with Gasteiger partial charge < -0.3 is 5.11 Å². The van der Waals surface area contributed by atoms with E-state index in [-0.39, 0.29) is 12.5 Å². The minimum atomic E-state index is -0.730. The van der Waals surface area contributed by atoms with E-state index in [0.717, 1.165) is 6.42 Å². The minimum absolute atomic E-state index is 0.194. The van der Waals surface area contributed by atoms with Gasteiger partial charge in [0, 0.05) is 18.6 Å². The van der Waals surface area contributed by atoms with Crippen LogP contribution in [-0.4, -0.2) is 28.6 Å². The van der Waals surface area contributed by atoms with Crippen molar-refractivity contribution in [3.8, 4) is 0 Å². The number of aliphatic carboxylic acids is 1. The molecule has 0 aliphatic heterocycles. The van der Waals surface area contributed by atoms with E-state index in [1.165, 1.54) is 5.56 Å². The number of nitrogens with zero attached hydrogens (tertiary/aromatic N) is 1. The fourth-order valence-electron chi connectivity index (χ4n) is 2.58. The van der Waals surface area contributed by atoms with Gasteiger partial charge in [-0.15, -0.1) is 0 Å².